The van der Waals surface area contributed by atoms with Crippen molar-refractivity contribution in [2.45, 2.75) is 26.2 Å². The van der Waals surface area contributed by atoms with Crippen molar-refractivity contribution in [1.29, 1.82) is 0 Å². The van der Waals surface area contributed by atoms with Gasteiger partial charge in [0.25, 0.3) is 0 Å². The second kappa shape index (κ2) is 8.03. The van der Waals surface area contributed by atoms with Crippen molar-refractivity contribution >= 4 is 11.6 Å². The van der Waals surface area contributed by atoms with Gasteiger partial charge in [-0.15, -0.1) is 0 Å². The van der Waals surface area contributed by atoms with Crippen molar-refractivity contribution < 1.29 is 9.84 Å². The number of nitrogens with one attached hydrogen (secondary N) is 1. The number of hydrogen-bond acceptors (Lipinski definition) is 3. The highest BCUT2D eigenvalue weighted by Crippen LogP contribution is 2.21. The average molecular weight is 306 g/mol. The highest BCUT2D eigenvalue weighted by molar-refractivity contribution is 6.31. The number of para-hydroxylation sites is 1. The molecule has 0 aliphatic rings. The number of ether oxygens (including phenoxy) is 1. The first-order chi connectivity index (χ1) is 10.2. The summed E-state index contributed by atoms with van der Waals surface area (Å²) in [6.07, 6.45) is -0.360. The highest BCUT2D eigenvalue weighted by Gasteiger charge is 2.05. The van der Waals surface area contributed by atoms with Gasteiger partial charge in [-0.25, -0.2) is 0 Å². The maximum absolute atomic E-state index is 9.27. The van der Waals surface area contributed by atoms with E-state index in [9.17, 15) is 5.11 Å². The number of aliphatic hydroxyl groups is 1. The van der Waals surface area contributed by atoms with Crippen LogP contribution in [0.4, 0.5) is 0 Å². The van der Waals surface area contributed by atoms with Gasteiger partial charge in [0.05, 0.1) is 6.10 Å². The Hall–Kier alpha value is -1.55. The van der Waals surface area contributed by atoms with Crippen LogP contribution in [0, 0.1) is 0 Å². The molecule has 1 atom stereocenters. The van der Waals surface area contributed by atoms with Gasteiger partial charge in [0.15, 0.2) is 0 Å². The van der Waals surface area contributed by atoms with Gasteiger partial charge in [-0.2, -0.15) is 0 Å². The quantitative estimate of drug-likeness (QED) is 0.824. The molecule has 0 radical (unpaired) electrons. The summed E-state index contributed by atoms with van der Waals surface area (Å²) in [6, 6.07) is 15.5. The first kappa shape index (κ1) is 15.8. The molecule has 0 heterocycles. The fraction of sp³-hybridized carbons (Fsp3) is 0.294. The molecule has 0 saturated carbocycles. The number of benzene rings is 2. The highest BCUT2D eigenvalue weighted by atomic mass is 35.5. The predicted octanol–water partition coefficient (Wildman–Crippen LogP) is 3.39. The molecule has 2 rings (SSSR count). The summed E-state index contributed by atoms with van der Waals surface area (Å²) in [5.41, 5.74) is 2.02. The van der Waals surface area contributed by atoms with Gasteiger partial charge in [-0.3, -0.25) is 0 Å². The first-order valence-electron chi connectivity index (χ1n) is 6.99. The van der Waals surface area contributed by atoms with Crippen LogP contribution in [0.2, 0.25) is 5.02 Å². The third-order valence-corrected chi connectivity index (χ3v) is 3.44. The molecule has 4 heteroatoms. The zero-order valence-corrected chi connectivity index (χ0v) is 12.8. The van der Waals surface area contributed by atoms with Crippen LogP contribution in [0.3, 0.4) is 0 Å². The van der Waals surface area contributed by atoms with E-state index in [2.05, 4.69) is 5.32 Å². The van der Waals surface area contributed by atoms with Crippen molar-refractivity contribution in [3.05, 3.63) is 64.7 Å². The molecule has 0 aromatic heterocycles. The van der Waals surface area contributed by atoms with Gasteiger partial charge in [0, 0.05) is 29.2 Å². The lowest BCUT2D eigenvalue weighted by atomic mass is 10.2. The molecule has 0 aliphatic heterocycles. The average Bonchev–Trinajstić information content (AvgIpc) is 2.47. The number of hydrogen-bond donors (Lipinski definition) is 2. The summed E-state index contributed by atoms with van der Waals surface area (Å²) in [4.78, 5) is 0. The topological polar surface area (TPSA) is 41.5 Å². The molecule has 1 unspecified atom stereocenters. The van der Waals surface area contributed by atoms with E-state index in [0.29, 0.717) is 24.7 Å². The van der Waals surface area contributed by atoms with Gasteiger partial charge in [-0.05, 0) is 19.1 Å². The van der Waals surface area contributed by atoms with Crippen LogP contribution in [0.5, 0.6) is 5.75 Å². The van der Waals surface area contributed by atoms with Crippen molar-refractivity contribution in [3.63, 3.8) is 0 Å². The Morgan fingerprint density at radius 3 is 2.48 bits per heavy atom. The van der Waals surface area contributed by atoms with Gasteiger partial charge >= 0.3 is 0 Å². The molecule has 112 valence electrons. The molecule has 0 amide bonds. The van der Waals surface area contributed by atoms with Crippen molar-refractivity contribution in [1.82, 2.24) is 5.32 Å². The minimum Gasteiger partial charge on any atom is -0.489 e. The van der Waals surface area contributed by atoms with E-state index in [-0.39, 0.29) is 6.10 Å². The minimum atomic E-state index is -0.360. The zero-order chi connectivity index (χ0) is 15.1. The van der Waals surface area contributed by atoms with Crippen LogP contribution in [-0.2, 0) is 13.2 Å². The Morgan fingerprint density at radius 2 is 1.76 bits per heavy atom. The van der Waals surface area contributed by atoms with E-state index in [1.807, 2.05) is 48.5 Å². The second-order valence-electron chi connectivity index (χ2n) is 4.97. The van der Waals surface area contributed by atoms with Crippen LogP contribution in [-0.4, -0.2) is 17.8 Å². The fourth-order valence-electron chi connectivity index (χ4n) is 1.98. The van der Waals surface area contributed by atoms with Gasteiger partial charge in [0.2, 0.25) is 0 Å². The third-order valence-electron chi connectivity index (χ3n) is 3.07. The van der Waals surface area contributed by atoms with Crippen molar-refractivity contribution in [2.75, 3.05) is 6.54 Å². The Balaban J connectivity index is 1.98. The van der Waals surface area contributed by atoms with Crippen molar-refractivity contribution in [2.24, 2.45) is 0 Å². The van der Waals surface area contributed by atoms with Gasteiger partial charge in [-0.1, -0.05) is 48.0 Å². The summed E-state index contributed by atoms with van der Waals surface area (Å²) >= 11 is 6.13. The molecule has 21 heavy (non-hydrogen) atoms. The van der Waals surface area contributed by atoms with Crippen LogP contribution >= 0.6 is 11.6 Å². The van der Waals surface area contributed by atoms with E-state index < -0.39 is 0 Å². The summed E-state index contributed by atoms with van der Waals surface area (Å²) in [5, 5.41) is 13.2. The second-order valence-corrected chi connectivity index (χ2v) is 5.37. The lowest BCUT2D eigenvalue weighted by molar-refractivity contribution is 0.190. The predicted molar refractivity (Wildman–Crippen MR) is 85.6 cm³/mol. The zero-order valence-electron chi connectivity index (χ0n) is 12.1. The Kier molecular flexibility index (Phi) is 6.05. The SMILES string of the molecule is CC(O)CNCc1ccccc1OCc1ccccc1Cl. The standard InChI is InChI=1S/C17H20ClNO2/c1-13(20)10-19-11-14-6-3-5-9-17(14)21-12-15-7-2-4-8-16(15)18/h2-9,13,19-20H,10-12H2,1H3. The van der Waals surface area contributed by atoms with Gasteiger partial charge < -0.3 is 15.2 Å². The van der Waals surface area contributed by atoms with E-state index >= 15 is 0 Å². The van der Waals surface area contributed by atoms with E-state index in [1.165, 1.54) is 0 Å². The molecule has 0 aliphatic carbocycles. The molecule has 2 aromatic carbocycles. The molecule has 0 fully saturated rings. The van der Waals surface area contributed by atoms with Crippen molar-refractivity contribution in [3.8, 4) is 5.75 Å². The fourth-order valence-corrected chi connectivity index (χ4v) is 2.17. The summed E-state index contributed by atoms with van der Waals surface area (Å²) in [5.74, 6) is 0.829. The summed E-state index contributed by atoms with van der Waals surface area (Å²) in [6.45, 7) is 3.41. The normalized spacial score (nSPS) is 12.1. The molecular formula is C17H20ClNO2. The van der Waals surface area contributed by atoms with Crippen LogP contribution in [0.15, 0.2) is 48.5 Å². The molecule has 0 saturated heterocycles. The molecule has 2 N–H and O–H groups in total. The first-order valence-corrected chi connectivity index (χ1v) is 7.37. The maximum Gasteiger partial charge on any atom is 0.124 e. The minimum absolute atomic E-state index is 0.360. The monoisotopic (exact) mass is 305 g/mol. The summed E-state index contributed by atoms with van der Waals surface area (Å²) < 4.78 is 5.87. The smallest absolute Gasteiger partial charge is 0.124 e. The molecular weight excluding hydrogens is 286 g/mol. The van der Waals surface area contributed by atoms with Crippen LogP contribution < -0.4 is 10.1 Å². The van der Waals surface area contributed by atoms with Crippen LogP contribution in [0.1, 0.15) is 18.1 Å². The third kappa shape index (κ3) is 5.05. The summed E-state index contributed by atoms with van der Waals surface area (Å²) in [7, 11) is 0. The van der Waals surface area contributed by atoms with Gasteiger partial charge in [0.1, 0.15) is 12.4 Å². The number of aliphatic hydroxyl groups excluding tert-OH is 1. The number of rotatable bonds is 7. The molecule has 0 bridgehead atoms. The van der Waals surface area contributed by atoms with Crippen LogP contribution in [0.25, 0.3) is 0 Å². The number of halogens is 1. The molecule has 3 nitrogen and oxygen atoms in total. The maximum atomic E-state index is 9.27. The van der Waals surface area contributed by atoms with E-state index in [1.54, 1.807) is 6.92 Å². The molecule has 2 aromatic rings. The largest absolute Gasteiger partial charge is 0.489 e. The Bertz CT molecular complexity index is 572. The lowest BCUT2D eigenvalue weighted by Gasteiger charge is -2.13. The van der Waals surface area contributed by atoms with E-state index in [0.717, 1.165) is 16.9 Å². The van der Waals surface area contributed by atoms with E-state index in [4.69, 9.17) is 16.3 Å². The lowest BCUT2D eigenvalue weighted by Crippen LogP contribution is -2.24. The Morgan fingerprint density at radius 1 is 1.10 bits per heavy atom. The molecule has 0 spiro atoms. The Labute approximate surface area is 130 Å².